The standard InChI is InChI=1S/C31H38FN3O4S/c1-5-33-31(37)29(21-25-14-7-6-8-15-25)34(22-26-16-9-10-17-27(26)32)30(36)19-12-20-35(40(4,38)39)28-18-11-13-23(2)24(28)3/h6-11,13-18,29H,5,12,19-22H2,1-4H3,(H,33,37)/t29-/m1/s1. The number of amides is 2. The molecule has 214 valence electrons. The molecule has 1 atom stereocenters. The average Bonchev–Trinajstić information content (AvgIpc) is 2.91. The predicted molar refractivity (Wildman–Crippen MR) is 157 cm³/mol. The number of carbonyl (C=O) groups excluding carboxylic acids is 2. The lowest BCUT2D eigenvalue weighted by Gasteiger charge is -2.32. The number of nitrogens with zero attached hydrogens (tertiary/aromatic N) is 2. The fraction of sp³-hybridized carbons (Fsp3) is 0.355. The first-order chi connectivity index (χ1) is 19.0. The highest BCUT2D eigenvalue weighted by Gasteiger charge is 2.31. The van der Waals surface area contributed by atoms with Crippen LogP contribution in [-0.4, -0.2) is 50.5 Å². The monoisotopic (exact) mass is 567 g/mol. The molecular formula is C31H38FN3O4S. The van der Waals surface area contributed by atoms with Crippen LogP contribution < -0.4 is 9.62 Å². The molecule has 2 amide bonds. The number of sulfonamides is 1. The van der Waals surface area contributed by atoms with E-state index in [2.05, 4.69) is 5.32 Å². The summed E-state index contributed by atoms with van der Waals surface area (Å²) in [5.41, 5.74) is 3.54. The molecular weight excluding hydrogens is 529 g/mol. The third-order valence-corrected chi connectivity index (χ3v) is 8.10. The first-order valence-electron chi connectivity index (χ1n) is 13.4. The van der Waals surface area contributed by atoms with Crippen molar-refractivity contribution in [3.8, 4) is 0 Å². The third kappa shape index (κ3) is 8.14. The molecule has 9 heteroatoms. The number of likely N-dealkylation sites (N-methyl/N-ethyl adjacent to an activating group) is 1. The molecule has 7 nitrogen and oxygen atoms in total. The van der Waals surface area contributed by atoms with Crippen LogP contribution in [0.5, 0.6) is 0 Å². The molecule has 0 unspecified atom stereocenters. The van der Waals surface area contributed by atoms with Gasteiger partial charge in [0.25, 0.3) is 0 Å². The number of rotatable bonds is 13. The van der Waals surface area contributed by atoms with Crippen molar-refractivity contribution in [2.24, 2.45) is 0 Å². The van der Waals surface area contributed by atoms with Gasteiger partial charge in [0.05, 0.1) is 11.9 Å². The second-order valence-corrected chi connectivity index (χ2v) is 11.8. The number of hydrogen-bond acceptors (Lipinski definition) is 4. The van der Waals surface area contributed by atoms with Crippen LogP contribution in [0.1, 0.15) is 42.0 Å². The summed E-state index contributed by atoms with van der Waals surface area (Å²) in [6.45, 7) is 5.96. The van der Waals surface area contributed by atoms with Crippen molar-refractivity contribution in [2.75, 3.05) is 23.7 Å². The number of hydrogen-bond donors (Lipinski definition) is 1. The van der Waals surface area contributed by atoms with Crippen LogP contribution in [0.25, 0.3) is 0 Å². The Morgan fingerprint density at radius 2 is 1.62 bits per heavy atom. The summed E-state index contributed by atoms with van der Waals surface area (Å²) in [5, 5.41) is 2.81. The Balaban J connectivity index is 1.89. The van der Waals surface area contributed by atoms with Gasteiger partial charge in [-0.3, -0.25) is 13.9 Å². The van der Waals surface area contributed by atoms with Crippen molar-refractivity contribution in [3.05, 3.63) is 101 Å². The zero-order chi connectivity index (χ0) is 29.3. The average molecular weight is 568 g/mol. The maximum Gasteiger partial charge on any atom is 0.243 e. The number of carbonyl (C=O) groups is 2. The number of nitrogens with one attached hydrogen (secondary N) is 1. The number of benzene rings is 3. The summed E-state index contributed by atoms with van der Waals surface area (Å²) in [6.07, 6.45) is 1.60. The van der Waals surface area contributed by atoms with Crippen molar-refractivity contribution >= 4 is 27.5 Å². The number of halogens is 1. The van der Waals surface area contributed by atoms with Crippen molar-refractivity contribution in [1.82, 2.24) is 10.2 Å². The van der Waals surface area contributed by atoms with E-state index in [-0.39, 0.29) is 44.2 Å². The largest absolute Gasteiger partial charge is 0.355 e. The van der Waals surface area contributed by atoms with E-state index < -0.39 is 21.9 Å². The van der Waals surface area contributed by atoms with Gasteiger partial charge in [-0.05, 0) is 56.0 Å². The molecule has 3 aromatic rings. The molecule has 0 saturated heterocycles. The quantitative estimate of drug-likeness (QED) is 0.323. The highest BCUT2D eigenvalue weighted by atomic mass is 32.2. The van der Waals surface area contributed by atoms with E-state index in [4.69, 9.17) is 0 Å². The summed E-state index contributed by atoms with van der Waals surface area (Å²) in [4.78, 5) is 28.4. The lowest BCUT2D eigenvalue weighted by molar-refractivity contribution is -0.141. The number of aryl methyl sites for hydroxylation is 1. The van der Waals surface area contributed by atoms with Crippen LogP contribution in [0.2, 0.25) is 0 Å². The molecule has 0 bridgehead atoms. The molecule has 0 heterocycles. The zero-order valence-electron chi connectivity index (χ0n) is 23.6. The minimum atomic E-state index is -3.61. The minimum absolute atomic E-state index is 0.0178. The lowest BCUT2D eigenvalue weighted by atomic mass is 10.0. The normalized spacial score (nSPS) is 12.0. The summed E-state index contributed by atoms with van der Waals surface area (Å²) in [6, 6.07) is 20.1. The van der Waals surface area contributed by atoms with Crippen molar-refractivity contribution in [3.63, 3.8) is 0 Å². The zero-order valence-corrected chi connectivity index (χ0v) is 24.4. The van der Waals surface area contributed by atoms with E-state index in [1.807, 2.05) is 50.2 Å². The predicted octanol–water partition coefficient (Wildman–Crippen LogP) is 4.76. The first-order valence-corrected chi connectivity index (χ1v) is 15.3. The minimum Gasteiger partial charge on any atom is -0.355 e. The van der Waals surface area contributed by atoms with E-state index >= 15 is 0 Å². The van der Waals surface area contributed by atoms with Gasteiger partial charge in [-0.15, -0.1) is 0 Å². The molecule has 0 spiro atoms. The molecule has 0 aliphatic heterocycles. The maximum absolute atomic E-state index is 14.7. The second-order valence-electron chi connectivity index (χ2n) is 9.87. The van der Waals surface area contributed by atoms with E-state index in [1.54, 1.807) is 37.3 Å². The van der Waals surface area contributed by atoms with Gasteiger partial charge in [0, 0.05) is 38.0 Å². The highest BCUT2D eigenvalue weighted by Crippen LogP contribution is 2.26. The first kappa shape index (κ1) is 30.8. The van der Waals surface area contributed by atoms with E-state index in [0.29, 0.717) is 17.8 Å². The summed E-state index contributed by atoms with van der Waals surface area (Å²) >= 11 is 0. The van der Waals surface area contributed by atoms with E-state index in [0.717, 1.165) is 22.9 Å². The third-order valence-electron chi connectivity index (χ3n) is 6.92. The molecule has 1 N–H and O–H groups in total. The Labute approximate surface area is 237 Å². The Morgan fingerprint density at radius 3 is 2.27 bits per heavy atom. The highest BCUT2D eigenvalue weighted by molar-refractivity contribution is 7.92. The summed E-state index contributed by atoms with van der Waals surface area (Å²) in [7, 11) is -3.61. The Bertz CT molecular complexity index is 1410. The maximum atomic E-state index is 14.7. The SMILES string of the molecule is CCNC(=O)[C@@H](Cc1ccccc1)N(Cc1ccccc1F)C(=O)CCCN(c1cccc(C)c1C)S(C)(=O)=O. The topological polar surface area (TPSA) is 86.8 Å². The Morgan fingerprint density at radius 1 is 0.950 bits per heavy atom. The molecule has 0 aromatic heterocycles. The molecule has 40 heavy (non-hydrogen) atoms. The summed E-state index contributed by atoms with van der Waals surface area (Å²) in [5.74, 6) is -1.15. The van der Waals surface area contributed by atoms with Gasteiger partial charge in [0.2, 0.25) is 21.8 Å². The Hall–Kier alpha value is -3.72. The van der Waals surface area contributed by atoms with E-state index in [1.165, 1.54) is 15.3 Å². The van der Waals surface area contributed by atoms with Crippen LogP contribution in [0.4, 0.5) is 10.1 Å². The van der Waals surface area contributed by atoms with Crippen molar-refractivity contribution in [2.45, 2.75) is 52.6 Å². The van der Waals surface area contributed by atoms with Gasteiger partial charge in [-0.2, -0.15) is 0 Å². The van der Waals surface area contributed by atoms with Gasteiger partial charge in [0.15, 0.2) is 0 Å². The van der Waals surface area contributed by atoms with Crippen LogP contribution in [0.3, 0.4) is 0 Å². The van der Waals surface area contributed by atoms with Gasteiger partial charge >= 0.3 is 0 Å². The van der Waals surface area contributed by atoms with Crippen molar-refractivity contribution < 1.29 is 22.4 Å². The van der Waals surface area contributed by atoms with Gasteiger partial charge in [-0.1, -0.05) is 60.7 Å². The van der Waals surface area contributed by atoms with Crippen molar-refractivity contribution in [1.29, 1.82) is 0 Å². The van der Waals surface area contributed by atoms with Crippen LogP contribution >= 0.6 is 0 Å². The molecule has 0 aliphatic carbocycles. The van der Waals surface area contributed by atoms with Gasteiger partial charge in [-0.25, -0.2) is 12.8 Å². The van der Waals surface area contributed by atoms with Gasteiger partial charge in [0.1, 0.15) is 11.9 Å². The van der Waals surface area contributed by atoms with Crippen LogP contribution in [0.15, 0.2) is 72.8 Å². The van der Waals surface area contributed by atoms with E-state index in [9.17, 15) is 22.4 Å². The van der Waals surface area contributed by atoms with Gasteiger partial charge < -0.3 is 10.2 Å². The van der Waals surface area contributed by atoms with Crippen LogP contribution in [-0.2, 0) is 32.6 Å². The lowest BCUT2D eigenvalue weighted by Crippen LogP contribution is -2.50. The molecule has 0 fully saturated rings. The van der Waals surface area contributed by atoms with Crippen LogP contribution in [0, 0.1) is 19.7 Å². The molecule has 3 aromatic carbocycles. The molecule has 0 radical (unpaired) electrons. The molecule has 3 rings (SSSR count). The molecule has 0 aliphatic rings. The fourth-order valence-electron chi connectivity index (χ4n) is 4.64. The number of anilines is 1. The molecule has 0 saturated carbocycles. The Kier molecular flexibility index (Phi) is 10.8. The fourth-order valence-corrected chi connectivity index (χ4v) is 5.66. The summed E-state index contributed by atoms with van der Waals surface area (Å²) < 4.78 is 41.4. The second kappa shape index (κ2) is 14.1. The smallest absolute Gasteiger partial charge is 0.243 e.